The predicted molar refractivity (Wildman–Crippen MR) is 86.6 cm³/mol. The molecule has 0 spiro atoms. The van der Waals surface area contributed by atoms with Crippen LogP contribution in [-0.2, 0) is 0 Å². The van der Waals surface area contributed by atoms with Gasteiger partial charge in [-0.25, -0.2) is 9.37 Å². The zero-order valence-electron chi connectivity index (χ0n) is 12.6. The Morgan fingerprint density at radius 3 is 2.86 bits per heavy atom. The number of unbranched alkanes of at least 4 members (excludes halogenated alkanes) is 2. The molecule has 0 saturated heterocycles. The minimum absolute atomic E-state index is 0.287. The van der Waals surface area contributed by atoms with Gasteiger partial charge < -0.3 is 10.6 Å². The molecule has 22 heavy (non-hydrogen) atoms. The Kier molecular flexibility index (Phi) is 5.89. The number of anilines is 2. The molecule has 0 bridgehead atoms. The minimum atomic E-state index is -0.384. The molecule has 2 aromatic rings. The summed E-state index contributed by atoms with van der Waals surface area (Å²) in [6, 6.07) is 9.14. The van der Waals surface area contributed by atoms with Crippen molar-refractivity contribution < 1.29 is 9.18 Å². The van der Waals surface area contributed by atoms with Crippen LogP contribution in [0.4, 0.5) is 15.9 Å². The van der Waals surface area contributed by atoms with Crippen LogP contribution in [0.1, 0.15) is 36.5 Å². The van der Waals surface area contributed by atoms with Crippen molar-refractivity contribution in [2.24, 2.45) is 0 Å². The number of nitrogens with one attached hydrogen (secondary N) is 2. The molecular formula is C17H20FN3O. The first-order valence-corrected chi connectivity index (χ1v) is 7.46. The predicted octanol–water partition coefficient (Wildman–Crippen LogP) is 4.08. The molecule has 0 aliphatic carbocycles. The van der Waals surface area contributed by atoms with Gasteiger partial charge in [-0.15, -0.1) is 0 Å². The van der Waals surface area contributed by atoms with E-state index in [1.165, 1.54) is 12.1 Å². The average molecular weight is 301 g/mol. The third-order valence-corrected chi connectivity index (χ3v) is 3.19. The zero-order chi connectivity index (χ0) is 15.8. The molecule has 0 fully saturated rings. The third kappa shape index (κ3) is 4.84. The first-order chi connectivity index (χ1) is 10.7. The molecule has 0 atom stereocenters. The van der Waals surface area contributed by atoms with Gasteiger partial charge >= 0.3 is 0 Å². The Morgan fingerprint density at radius 2 is 2.09 bits per heavy atom. The second kappa shape index (κ2) is 8.12. The van der Waals surface area contributed by atoms with Gasteiger partial charge in [0.1, 0.15) is 11.6 Å². The monoisotopic (exact) mass is 301 g/mol. The van der Waals surface area contributed by atoms with E-state index in [4.69, 9.17) is 0 Å². The first kappa shape index (κ1) is 15.9. The van der Waals surface area contributed by atoms with Crippen molar-refractivity contribution in [3.63, 3.8) is 0 Å². The number of halogens is 1. The second-order valence-electron chi connectivity index (χ2n) is 5.03. The number of nitrogens with zero attached hydrogens (tertiary/aromatic N) is 1. The molecule has 0 unspecified atom stereocenters. The summed E-state index contributed by atoms with van der Waals surface area (Å²) < 4.78 is 13.1. The van der Waals surface area contributed by atoms with Gasteiger partial charge in [0.2, 0.25) is 0 Å². The Hall–Kier alpha value is -2.43. The molecule has 4 nitrogen and oxygen atoms in total. The number of benzene rings is 1. The molecule has 0 radical (unpaired) electrons. The number of hydrogen-bond donors (Lipinski definition) is 2. The number of rotatable bonds is 7. The van der Waals surface area contributed by atoms with Gasteiger partial charge in [-0.3, -0.25) is 4.79 Å². The highest BCUT2D eigenvalue weighted by atomic mass is 19.1. The number of pyridine rings is 1. The summed E-state index contributed by atoms with van der Waals surface area (Å²) in [6.07, 6.45) is 4.97. The standard InChI is InChI=1S/C17H20FN3O/c1-2-3-4-9-19-16-11-13(8-10-20-16)17(22)21-15-7-5-6-14(18)12-15/h5-8,10-12H,2-4,9H2,1H3,(H,19,20)(H,21,22). The van der Waals surface area contributed by atoms with Crippen molar-refractivity contribution in [3.8, 4) is 0 Å². The Labute approximate surface area is 129 Å². The number of carbonyl (C=O) groups excluding carboxylic acids is 1. The van der Waals surface area contributed by atoms with E-state index in [-0.39, 0.29) is 11.7 Å². The van der Waals surface area contributed by atoms with Crippen molar-refractivity contribution in [2.75, 3.05) is 17.2 Å². The van der Waals surface area contributed by atoms with Crippen LogP contribution in [0.2, 0.25) is 0 Å². The molecule has 1 aromatic heterocycles. The zero-order valence-corrected chi connectivity index (χ0v) is 12.6. The maximum atomic E-state index is 13.1. The van der Waals surface area contributed by atoms with Crippen LogP contribution in [-0.4, -0.2) is 17.4 Å². The molecule has 0 saturated carbocycles. The highest BCUT2D eigenvalue weighted by molar-refractivity contribution is 6.04. The van der Waals surface area contributed by atoms with Crippen LogP contribution < -0.4 is 10.6 Å². The first-order valence-electron chi connectivity index (χ1n) is 7.46. The normalized spacial score (nSPS) is 10.3. The van der Waals surface area contributed by atoms with E-state index < -0.39 is 0 Å². The van der Waals surface area contributed by atoms with E-state index >= 15 is 0 Å². The third-order valence-electron chi connectivity index (χ3n) is 3.19. The van der Waals surface area contributed by atoms with E-state index in [1.54, 1.807) is 30.5 Å². The summed E-state index contributed by atoms with van der Waals surface area (Å²) in [7, 11) is 0. The molecule has 1 heterocycles. The Bertz CT molecular complexity index is 631. The molecular weight excluding hydrogens is 281 g/mol. The summed E-state index contributed by atoms with van der Waals surface area (Å²) in [5.74, 6) is -0.00147. The SMILES string of the molecule is CCCCCNc1cc(C(=O)Nc2cccc(F)c2)ccn1. The van der Waals surface area contributed by atoms with Gasteiger partial charge in [-0.05, 0) is 36.8 Å². The molecule has 0 aliphatic rings. The van der Waals surface area contributed by atoms with E-state index in [0.29, 0.717) is 17.1 Å². The van der Waals surface area contributed by atoms with E-state index in [2.05, 4.69) is 22.5 Å². The van der Waals surface area contributed by atoms with Crippen LogP contribution >= 0.6 is 0 Å². The van der Waals surface area contributed by atoms with Crippen molar-refractivity contribution in [2.45, 2.75) is 26.2 Å². The minimum Gasteiger partial charge on any atom is -0.370 e. The highest BCUT2D eigenvalue weighted by Crippen LogP contribution is 2.13. The molecule has 5 heteroatoms. The van der Waals surface area contributed by atoms with Crippen molar-refractivity contribution >= 4 is 17.4 Å². The van der Waals surface area contributed by atoms with Gasteiger partial charge in [0.15, 0.2) is 0 Å². The van der Waals surface area contributed by atoms with Gasteiger partial charge in [-0.1, -0.05) is 25.8 Å². The fourth-order valence-corrected chi connectivity index (χ4v) is 2.03. The van der Waals surface area contributed by atoms with Crippen LogP contribution in [0.3, 0.4) is 0 Å². The number of amides is 1. The molecule has 1 aromatic carbocycles. The van der Waals surface area contributed by atoms with Crippen LogP contribution in [0.5, 0.6) is 0 Å². The molecule has 116 valence electrons. The van der Waals surface area contributed by atoms with E-state index in [0.717, 1.165) is 25.8 Å². The molecule has 0 aliphatic heterocycles. The van der Waals surface area contributed by atoms with Crippen molar-refractivity contribution in [1.29, 1.82) is 0 Å². The quantitative estimate of drug-likeness (QED) is 0.758. The summed E-state index contributed by atoms with van der Waals surface area (Å²) in [5, 5.41) is 5.86. The summed E-state index contributed by atoms with van der Waals surface area (Å²) in [5.41, 5.74) is 0.913. The van der Waals surface area contributed by atoms with Gasteiger partial charge in [-0.2, -0.15) is 0 Å². The van der Waals surface area contributed by atoms with Gasteiger partial charge in [0.25, 0.3) is 5.91 Å². The summed E-state index contributed by atoms with van der Waals surface area (Å²) in [4.78, 5) is 16.4. The number of carbonyl (C=O) groups is 1. The lowest BCUT2D eigenvalue weighted by molar-refractivity contribution is 0.102. The van der Waals surface area contributed by atoms with Crippen LogP contribution in [0, 0.1) is 5.82 Å². The van der Waals surface area contributed by atoms with E-state index in [9.17, 15) is 9.18 Å². The smallest absolute Gasteiger partial charge is 0.255 e. The highest BCUT2D eigenvalue weighted by Gasteiger charge is 2.07. The lowest BCUT2D eigenvalue weighted by Gasteiger charge is -2.08. The molecule has 1 amide bonds. The number of aromatic nitrogens is 1. The maximum absolute atomic E-state index is 13.1. The second-order valence-corrected chi connectivity index (χ2v) is 5.03. The largest absolute Gasteiger partial charge is 0.370 e. The number of hydrogen-bond acceptors (Lipinski definition) is 3. The summed E-state index contributed by atoms with van der Waals surface area (Å²) in [6.45, 7) is 2.98. The lowest BCUT2D eigenvalue weighted by atomic mass is 10.2. The topological polar surface area (TPSA) is 54.0 Å². The summed E-state index contributed by atoms with van der Waals surface area (Å²) >= 11 is 0. The molecule has 2 N–H and O–H groups in total. The molecule has 2 rings (SSSR count). The maximum Gasteiger partial charge on any atom is 0.255 e. The fourth-order valence-electron chi connectivity index (χ4n) is 2.03. The Balaban J connectivity index is 1.97. The fraction of sp³-hybridized carbons (Fsp3) is 0.294. The van der Waals surface area contributed by atoms with Crippen molar-refractivity contribution in [3.05, 3.63) is 54.0 Å². The van der Waals surface area contributed by atoms with Crippen molar-refractivity contribution in [1.82, 2.24) is 4.98 Å². The Morgan fingerprint density at radius 1 is 1.23 bits per heavy atom. The van der Waals surface area contributed by atoms with Gasteiger partial charge in [0.05, 0.1) is 0 Å². The van der Waals surface area contributed by atoms with Crippen LogP contribution in [0.25, 0.3) is 0 Å². The van der Waals surface area contributed by atoms with Gasteiger partial charge in [0, 0.05) is 24.0 Å². The van der Waals surface area contributed by atoms with Crippen LogP contribution in [0.15, 0.2) is 42.6 Å². The lowest BCUT2D eigenvalue weighted by Crippen LogP contribution is -2.13. The average Bonchev–Trinajstić information content (AvgIpc) is 2.52. The van der Waals surface area contributed by atoms with E-state index in [1.807, 2.05) is 0 Å².